The SMILES string of the molecule is CNC(=O)c1cc(-c2csc(Nc3ccc(C)cc3)n2)on1. The van der Waals surface area contributed by atoms with Crippen LogP contribution in [0.2, 0.25) is 0 Å². The number of hydrogen-bond donors (Lipinski definition) is 2. The average molecular weight is 314 g/mol. The largest absolute Gasteiger partial charge is 0.354 e. The molecule has 1 aromatic carbocycles. The molecule has 7 heteroatoms. The highest BCUT2D eigenvalue weighted by Gasteiger charge is 2.14. The van der Waals surface area contributed by atoms with E-state index in [1.54, 1.807) is 13.1 Å². The van der Waals surface area contributed by atoms with E-state index in [1.807, 2.05) is 36.6 Å². The molecule has 0 unspecified atom stereocenters. The summed E-state index contributed by atoms with van der Waals surface area (Å²) in [4.78, 5) is 15.9. The van der Waals surface area contributed by atoms with Gasteiger partial charge in [0, 0.05) is 24.2 Å². The number of carbonyl (C=O) groups excluding carboxylic acids is 1. The van der Waals surface area contributed by atoms with E-state index in [-0.39, 0.29) is 11.6 Å². The maximum atomic E-state index is 11.5. The van der Waals surface area contributed by atoms with Crippen LogP contribution in [0.15, 0.2) is 40.2 Å². The molecule has 0 spiro atoms. The molecule has 112 valence electrons. The van der Waals surface area contributed by atoms with Crippen LogP contribution in [-0.2, 0) is 0 Å². The number of anilines is 2. The Morgan fingerprint density at radius 3 is 2.77 bits per heavy atom. The number of aryl methyl sites for hydroxylation is 1. The van der Waals surface area contributed by atoms with E-state index in [2.05, 4.69) is 20.8 Å². The van der Waals surface area contributed by atoms with Crippen LogP contribution in [0.5, 0.6) is 0 Å². The zero-order valence-corrected chi connectivity index (χ0v) is 12.9. The van der Waals surface area contributed by atoms with Gasteiger partial charge in [0.2, 0.25) is 0 Å². The molecule has 0 aliphatic rings. The van der Waals surface area contributed by atoms with Crippen molar-refractivity contribution < 1.29 is 9.32 Å². The zero-order valence-electron chi connectivity index (χ0n) is 12.1. The highest BCUT2D eigenvalue weighted by Crippen LogP contribution is 2.27. The van der Waals surface area contributed by atoms with Crippen LogP contribution in [0.1, 0.15) is 16.1 Å². The topological polar surface area (TPSA) is 80.0 Å². The number of thiazole rings is 1. The van der Waals surface area contributed by atoms with E-state index in [0.29, 0.717) is 11.5 Å². The first kappa shape index (κ1) is 14.3. The smallest absolute Gasteiger partial charge is 0.273 e. The van der Waals surface area contributed by atoms with E-state index in [4.69, 9.17) is 4.52 Å². The molecule has 0 aliphatic carbocycles. The molecule has 0 radical (unpaired) electrons. The molecule has 0 saturated carbocycles. The summed E-state index contributed by atoms with van der Waals surface area (Å²) in [6.45, 7) is 2.04. The lowest BCUT2D eigenvalue weighted by atomic mass is 10.2. The summed E-state index contributed by atoms with van der Waals surface area (Å²) in [6.07, 6.45) is 0. The number of nitrogens with zero attached hydrogens (tertiary/aromatic N) is 2. The molecule has 22 heavy (non-hydrogen) atoms. The highest BCUT2D eigenvalue weighted by molar-refractivity contribution is 7.14. The quantitative estimate of drug-likeness (QED) is 0.773. The summed E-state index contributed by atoms with van der Waals surface area (Å²) in [5, 5.41) is 12.0. The van der Waals surface area contributed by atoms with Crippen LogP contribution in [0.3, 0.4) is 0 Å². The zero-order chi connectivity index (χ0) is 15.5. The van der Waals surface area contributed by atoms with Crippen molar-refractivity contribution in [3.8, 4) is 11.5 Å². The number of nitrogens with one attached hydrogen (secondary N) is 2. The lowest BCUT2D eigenvalue weighted by Gasteiger charge is -2.01. The minimum Gasteiger partial charge on any atom is -0.354 e. The van der Waals surface area contributed by atoms with Gasteiger partial charge in [0.05, 0.1) is 0 Å². The minimum absolute atomic E-state index is 0.235. The van der Waals surface area contributed by atoms with Gasteiger partial charge in [-0.25, -0.2) is 4.98 Å². The number of benzene rings is 1. The van der Waals surface area contributed by atoms with E-state index in [0.717, 1.165) is 10.8 Å². The molecular formula is C15H14N4O2S. The molecule has 2 heterocycles. The second-order valence-corrected chi connectivity index (χ2v) is 5.54. The Bertz CT molecular complexity index is 792. The fourth-order valence-electron chi connectivity index (χ4n) is 1.84. The molecular weight excluding hydrogens is 300 g/mol. The molecule has 0 aliphatic heterocycles. The van der Waals surface area contributed by atoms with Gasteiger partial charge in [-0.2, -0.15) is 0 Å². The van der Waals surface area contributed by atoms with Gasteiger partial charge in [0.15, 0.2) is 16.6 Å². The van der Waals surface area contributed by atoms with E-state index in [1.165, 1.54) is 16.9 Å². The second kappa shape index (κ2) is 5.98. The maximum absolute atomic E-state index is 11.5. The molecule has 0 fully saturated rings. The fraction of sp³-hybridized carbons (Fsp3) is 0.133. The van der Waals surface area contributed by atoms with E-state index in [9.17, 15) is 4.79 Å². The molecule has 3 aromatic rings. The van der Waals surface area contributed by atoms with Crippen molar-refractivity contribution in [3.05, 3.63) is 47.0 Å². The van der Waals surface area contributed by atoms with Gasteiger partial charge in [-0.15, -0.1) is 11.3 Å². The van der Waals surface area contributed by atoms with Gasteiger partial charge >= 0.3 is 0 Å². The molecule has 2 aromatic heterocycles. The Labute approximate surface area is 131 Å². The van der Waals surface area contributed by atoms with Crippen LogP contribution < -0.4 is 10.6 Å². The number of aromatic nitrogens is 2. The van der Waals surface area contributed by atoms with Gasteiger partial charge in [0.25, 0.3) is 5.91 Å². The van der Waals surface area contributed by atoms with Gasteiger partial charge < -0.3 is 15.2 Å². The molecule has 0 saturated heterocycles. The predicted molar refractivity (Wildman–Crippen MR) is 85.5 cm³/mol. The summed E-state index contributed by atoms with van der Waals surface area (Å²) in [6, 6.07) is 9.62. The number of amides is 1. The summed E-state index contributed by atoms with van der Waals surface area (Å²) in [5.41, 5.74) is 3.05. The maximum Gasteiger partial charge on any atom is 0.273 e. The summed E-state index contributed by atoms with van der Waals surface area (Å²) in [5.74, 6) is 0.176. The van der Waals surface area contributed by atoms with Gasteiger partial charge in [-0.1, -0.05) is 22.9 Å². The van der Waals surface area contributed by atoms with Crippen LogP contribution in [0, 0.1) is 6.92 Å². The summed E-state index contributed by atoms with van der Waals surface area (Å²) >= 11 is 1.46. The average Bonchev–Trinajstić information content (AvgIpc) is 3.18. The number of hydrogen-bond acceptors (Lipinski definition) is 6. The fourth-order valence-corrected chi connectivity index (χ4v) is 2.56. The molecule has 2 N–H and O–H groups in total. The standard InChI is InChI=1S/C15H14N4O2S/c1-9-3-5-10(6-4-9)17-15-18-12(8-22-15)13-7-11(19-21-13)14(20)16-2/h3-8H,1-2H3,(H,16,20)(H,17,18). The Kier molecular flexibility index (Phi) is 3.88. The predicted octanol–water partition coefficient (Wildman–Crippen LogP) is 3.21. The summed E-state index contributed by atoms with van der Waals surface area (Å²) in [7, 11) is 1.54. The molecule has 0 atom stereocenters. The van der Waals surface area contributed by atoms with Gasteiger partial charge in [0.1, 0.15) is 5.69 Å². The summed E-state index contributed by atoms with van der Waals surface area (Å²) < 4.78 is 5.16. The van der Waals surface area contributed by atoms with Crippen LogP contribution in [-0.4, -0.2) is 23.1 Å². The van der Waals surface area contributed by atoms with Crippen LogP contribution in [0.25, 0.3) is 11.5 Å². The first-order valence-electron chi connectivity index (χ1n) is 6.64. The molecule has 1 amide bonds. The van der Waals surface area contributed by atoms with Crippen LogP contribution in [0.4, 0.5) is 10.8 Å². The Balaban J connectivity index is 1.77. The van der Waals surface area contributed by atoms with Crippen molar-refractivity contribution in [1.29, 1.82) is 0 Å². The lowest BCUT2D eigenvalue weighted by molar-refractivity contribution is 0.0954. The normalized spacial score (nSPS) is 10.5. The first-order chi connectivity index (χ1) is 10.7. The molecule has 0 bridgehead atoms. The first-order valence-corrected chi connectivity index (χ1v) is 7.52. The van der Waals surface area contributed by atoms with Crippen molar-refractivity contribution >= 4 is 28.1 Å². The molecule has 6 nitrogen and oxygen atoms in total. The van der Waals surface area contributed by atoms with E-state index >= 15 is 0 Å². The van der Waals surface area contributed by atoms with Crippen molar-refractivity contribution in [3.63, 3.8) is 0 Å². The number of carbonyl (C=O) groups is 1. The van der Waals surface area contributed by atoms with Crippen molar-refractivity contribution in [1.82, 2.24) is 15.5 Å². The van der Waals surface area contributed by atoms with Crippen molar-refractivity contribution in [2.45, 2.75) is 6.92 Å². The monoisotopic (exact) mass is 314 g/mol. The second-order valence-electron chi connectivity index (χ2n) is 4.68. The Morgan fingerprint density at radius 1 is 1.27 bits per heavy atom. The van der Waals surface area contributed by atoms with Crippen molar-refractivity contribution in [2.75, 3.05) is 12.4 Å². The third-order valence-electron chi connectivity index (χ3n) is 3.03. The number of rotatable bonds is 4. The lowest BCUT2D eigenvalue weighted by Crippen LogP contribution is -2.17. The molecule has 3 rings (SSSR count). The highest BCUT2D eigenvalue weighted by atomic mass is 32.1. The van der Waals surface area contributed by atoms with Gasteiger partial charge in [-0.3, -0.25) is 4.79 Å². The Morgan fingerprint density at radius 2 is 2.05 bits per heavy atom. The van der Waals surface area contributed by atoms with Crippen molar-refractivity contribution in [2.24, 2.45) is 0 Å². The van der Waals surface area contributed by atoms with Gasteiger partial charge in [-0.05, 0) is 19.1 Å². The third kappa shape index (κ3) is 2.99. The Hall–Kier alpha value is -2.67. The minimum atomic E-state index is -0.289. The third-order valence-corrected chi connectivity index (χ3v) is 3.79. The van der Waals surface area contributed by atoms with Crippen LogP contribution >= 0.6 is 11.3 Å². The van der Waals surface area contributed by atoms with E-state index < -0.39 is 0 Å².